The van der Waals surface area contributed by atoms with Gasteiger partial charge in [-0.05, 0) is 42.8 Å². The van der Waals surface area contributed by atoms with Crippen LogP contribution < -0.4 is 5.56 Å². The highest BCUT2D eigenvalue weighted by atomic mass is 35.5. The molecule has 0 bridgehead atoms. The number of ether oxygens (including phenoxy) is 1. The number of H-pyrrole nitrogens is 1. The van der Waals surface area contributed by atoms with Crippen LogP contribution in [0.4, 0.5) is 0 Å². The van der Waals surface area contributed by atoms with Gasteiger partial charge in [-0.2, -0.15) is 0 Å². The zero-order valence-corrected chi connectivity index (χ0v) is 15.2. The molecule has 132 valence electrons. The first-order chi connectivity index (χ1) is 12.4. The fourth-order valence-electron chi connectivity index (χ4n) is 2.35. The van der Waals surface area contributed by atoms with Gasteiger partial charge >= 0.3 is 5.97 Å². The van der Waals surface area contributed by atoms with Crippen LogP contribution >= 0.6 is 23.2 Å². The van der Waals surface area contributed by atoms with Crippen molar-refractivity contribution in [1.82, 2.24) is 9.97 Å². The van der Waals surface area contributed by atoms with E-state index < -0.39 is 12.1 Å². The van der Waals surface area contributed by atoms with Gasteiger partial charge in [-0.1, -0.05) is 41.4 Å². The maximum absolute atomic E-state index is 12.1. The van der Waals surface area contributed by atoms with Crippen molar-refractivity contribution in [3.63, 3.8) is 0 Å². The van der Waals surface area contributed by atoms with Gasteiger partial charge in [0, 0.05) is 6.08 Å². The maximum Gasteiger partial charge on any atom is 0.331 e. The van der Waals surface area contributed by atoms with Gasteiger partial charge in [0.1, 0.15) is 0 Å². The fraction of sp³-hybridized carbons (Fsp3) is 0.105. The number of hydrogen-bond donors (Lipinski definition) is 1. The third kappa shape index (κ3) is 4.12. The zero-order valence-electron chi connectivity index (χ0n) is 13.7. The molecule has 0 aliphatic heterocycles. The summed E-state index contributed by atoms with van der Waals surface area (Å²) in [6.45, 7) is 1.64. The molecule has 0 aliphatic carbocycles. The molecule has 0 saturated carbocycles. The van der Waals surface area contributed by atoms with Crippen LogP contribution in [0.3, 0.4) is 0 Å². The van der Waals surface area contributed by atoms with Gasteiger partial charge in [0.15, 0.2) is 11.9 Å². The number of para-hydroxylation sites is 1. The van der Waals surface area contributed by atoms with E-state index in [1.807, 2.05) is 0 Å². The highest BCUT2D eigenvalue weighted by molar-refractivity contribution is 6.42. The average Bonchev–Trinajstić information content (AvgIpc) is 2.62. The lowest BCUT2D eigenvalue weighted by Gasteiger charge is -2.11. The molecule has 3 aromatic rings. The van der Waals surface area contributed by atoms with Gasteiger partial charge in [-0.15, -0.1) is 0 Å². The SMILES string of the molecule is CC(OC(=O)/C=C/c1ccc(Cl)c(Cl)c1)c1nc2ccccc2c(=O)[nH]1. The Kier molecular flexibility index (Phi) is 5.40. The molecule has 0 fully saturated rings. The first-order valence-electron chi connectivity index (χ1n) is 7.77. The highest BCUT2D eigenvalue weighted by Gasteiger charge is 2.14. The Morgan fingerprint density at radius 1 is 1.19 bits per heavy atom. The molecule has 2 aromatic carbocycles. The first kappa shape index (κ1) is 18.2. The molecule has 1 aromatic heterocycles. The third-order valence-electron chi connectivity index (χ3n) is 3.66. The van der Waals surface area contributed by atoms with Crippen molar-refractivity contribution < 1.29 is 9.53 Å². The maximum atomic E-state index is 12.1. The lowest BCUT2D eigenvalue weighted by atomic mass is 10.2. The van der Waals surface area contributed by atoms with Crippen LogP contribution in [-0.4, -0.2) is 15.9 Å². The molecule has 0 saturated heterocycles. The van der Waals surface area contributed by atoms with E-state index in [2.05, 4.69) is 9.97 Å². The topological polar surface area (TPSA) is 72.0 Å². The van der Waals surface area contributed by atoms with Crippen molar-refractivity contribution >= 4 is 46.2 Å². The summed E-state index contributed by atoms with van der Waals surface area (Å²) in [5, 5.41) is 1.31. The van der Waals surface area contributed by atoms with Gasteiger partial charge in [0.05, 0.1) is 20.9 Å². The monoisotopic (exact) mass is 388 g/mol. The van der Waals surface area contributed by atoms with Crippen molar-refractivity contribution in [2.45, 2.75) is 13.0 Å². The van der Waals surface area contributed by atoms with Crippen molar-refractivity contribution in [2.75, 3.05) is 0 Å². The molecular formula is C19H14Cl2N2O3. The minimum atomic E-state index is -0.710. The summed E-state index contributed by atoms with van der Waals surface area (Å²) in [7, 11) is 0. The molecule has 0 aliphatic rings. The molecule has 1 N–H and O–H groups in total. The van der Waals surface area contributed by atoms with Gasteiger partial charge in [-0.25, -0.2) is 9.78 Å². The average molecular weight is 389 g/mol. The van der Waals surface area contributed by atoms with Crippen LogP contribution in [-0.2, 0) is 9.53 Å². The van der Waals surface area contributed by atoms with E-state index in [4.69, 9.17) is 27.9 Å². The van der Waals surface area contributed by atoms with Crippen LogP contribution in [0.25, 0.3) is 17.0 Å². The van der Waals surface area contributed by atoms with Crippen LogP contribution in [0.15, 0.2) is 53.3 Å². The van der Waals surface area contributed by atoms with Gasteiger partial charge in [-0.3, -0.25) is 4.79 Å². The van der Waals surface area contributed by atoms with Crippen molar-refractivity contribution in [1.29, 1.82) is 0 Å². The predicted molar refractivity (Wildman–Crippen MR) is 102 cm³/mol. The van der Waals surface area contributed by atoms with Gasteiger partial charge in [0.2, 0.25) is 0 Å². The number of halogens is 2. The van der Waals surface area contributed by atoms with Crippen LogP contribution in [0.2, 0.25) is 10.0 Å². The molecule has 26 heavy (non-hydrogen) atoms. The van der Waals surface area contributed by atoms with Gasteiger partial charge in [0.25, 0.3) is 5.56 Å². The molecule has 5 nitrogen and oxygen atoms in total. The van der Waals surface area contributed by atoms with E-state index >= 15 is 0 Å². The number of nitrogens with one attached hydrogen (secondary N) is 1. The van der Waals surface area contributed by atoms with E-state index in [-0.39, 0.29) is 11.4 Å². The number of fused-ring (bicyclic) bond motifs is 1. The van der Waals surface area contributed by atoms with Crippen molar-refractivity contribution in [3.05, 3.63) is 80.3 Å². The second-order valence-electron chi connectivity index (χ2n) is 5.55. The number of aromatic amines is 1. The fourth-order valence-corrected chi connectivity index (χ4v) is 2.65. The summed E-state index contributed by atoms with van der Waals surface area (Å²) in [5.74, 6) is -0.288. The number of nitrogens with zero attached hydrogens (tertiary/aromatic N) is 1. The number of carbonyl (C=O) groups excluding carboxylic acids is 1. The summed E-state index contributed by atoms with van der Waals surface area (Å²) < 4.78 is 5.30. The number of aromatic nitrogens is 2. The lowest BCUT2D eigenvalue weighted by Crippen LogP contribution is -2.16. The smallest absolute Gasteiger partial charge is 0.331 e. The second kappa shape index (κ2) is 7.72. The molecule has 1 atom stereocenters. The molecule has 1 heterocycles. The normalized spacial score (nSPS) is 12.4. The molecule has 0 spiro atoms. The summed E-state index contributed by atoms with van der Waals surface area (Å²) in [6.07, 6.45) is 2.13. The summed E-state index contributed by atoms with van der Waals surface area (Å²) >= 11 is 11.8. The Balaban J connectivity index is 1.74. The Hall–Kier alpha value is -2.63. The number of rotatable bonds is 4. The van der Waals surface area contributed by atoms with Gasteiger partial charge < -0.3 is 9.72 Å². The Morgan fingerprint density at radius 2 is 1.96 bits per heavy atom. The predicted octanol–water partition coefficient (Wildman–Crippen LogP) is 4.55. The van der Waals surface area contributed by atoms with Crippen LogP contribution in [0, 0.1) is 0 Å². The molecule has 1 unspecified atom stereocenters. The molecule has 7 heteroatoms. The lowest BCUT2D eigenvalue weighted by molar-refractivity contribution is -0.142. The minimum absolute atomic E-state index is 0.278. The van der Waals surface area contributed by atoms with E-state index in [9.17, 15) is 9.59 Å². The van der Waals surface area contributed by atoms with E-state index in [0.29, 0.717) is 26.5 Å². The summed E-state index contributed by atoms with van der Waals surface area (Å²) in [4.78, 5) is 31.1. The van der Waals surface area contributed by atoms with Crippen LogP contribution in [0.1, 0.15) is 24.4 Å². The Bertz CT molecular complexity index is 1060. The van der Waals surface area contributed by atoms with Crippen LogP contribution in [0.5, 0.6) is 0 Å². The quantitative estimate of drug-likeness (QED) is 0.525. The number of esters is 1. The molecule has 3 rings (SSSR count). The Morgan fingerprint density at radius 3 is 2.73 bits per heavy atom. The minimum Gasteiger partial charge on any atom is -0.451 e. The largest absolute Gasteiger partial charge is 0.451 e. The van der Waals surface area contributed by atoms with E-state index in [1.54, 1.807) is 55.5 Å². The van der Waals surface area contributed by atoms with Crippen molar-refractivity contribution in [2.24, 2.45) is 0 Å². The number of benzene rings is 2. The first-order valence-corrected chi connectivity index (χ1v) is 8.52. The standard InChI is InChI=1S/C19H14Cl2N2O3/c1-11(18-22-16-5-3-2-4-13(16)19(25)23-18)26-17(24)9-7-12-6-8-14(20)15(21)10-12/h2-11H,1H3,(H,22,23,25)/b9-7+. The Labute approximate surface area is 159 Å². The number of carbonyl (C=O) groups is 1. The molecular weight excluding hydrogens is 375 g/mol. The van der Waals surface area contributed by atoms with Crippen molar-refractivity contribution in [3.8, 4) is 0 Å². The second-order valence-corrected chi connectivity index (χ2v) is 6.37. The third-order valence-corrected chi connectivity index (χ3v) is 4.40. The van der Waals surface area contributed by atoms with E-state index in [1.165, 1.54) is 6.08 Å². The highest BCUT2D eigenvalue weighted by Crippen LogP contribution is 2.23. The number of hydrogen-bond acceptors (Lipinski definition) is 4. The van der Waals surface area contributed by atoms with E-state index in [0.717, 1.165) is 0 Å². The zero-order chi connectivity index (χ0) is 18.7. The molecule has 0 radical (unpaired) electrons. The molecule has 0 amide bonds. The summed E-state index contributed by atoms with van der Waals surface area (Å²) in [5.41, 5.74) is 0.974. The summed E-state index contributed by atoms with van der Waals surface area (Å²) in [6, 6.07) is 12.0.